The summed E-state index contributed by atoms with van der Waals surface area (Å²) in [6.07, 6.45) is 3.78. The van der Waals surface area contributed by atoms with Crippen molar-refractivity contribution in [1.29, 1.82) is 0 Å². The highest BCUT2D eigenvalue weighted by atomic mass is 32.2. The molecule has 0 aromatic heterocycles. The van der Waals surface area contributed by atoms with Gasteiger partial charge in [-0.3, -0.25) is 10.1 Å². The zero-order chi connectivity index (χ0) is 26.7. The number of benzene rings is 2. The van der Waals surface area contributed by atoms with Crippen LogP contribution in [0.3, 0.4) is 0 Å². The Labute approximate surface area is 228 Å². The molecule has 38 heavy (non-hydrogen) atoms. The molecule has 0 saturated carbocycles. The first-order chi connectivity index (χ1) is 18.6. The standard InChI is InChI=1S/C28H36N4O5S/c1-3-16-36-26-18-22(9-12-25(26)35-2)24-20-38-28(34)32(30-24)19-21-7-10-23(11-8-21)29-27(33)37-17-6-15-31-13-4-5-14-31/h7-12,18H,3-6,13-17,19-20H2,1-2H3,(H,29,33). The molecule has 2 amide bonds. The van der Waals surface area contributed by atoms with Crippen LogP contribution in [0.5, 0.6) is 11.5 Å². The number of nitrogens with zero attached hydrogens (tertiary/aromatic N) is 3. The fraction of sp³-hybridized carbons (Fsp3) is 0.464. The maximum atomic E-state index is 12.6. The molecular weight excluding hydrogens is 504 g/mol. The van der Waals surface area contributed by atoms with E-state index in [-0.39, 0.29) is 5.24 Å². The molecular formula is C28H36N4O5S. The Morgan fingerprint density at radius 1 is 1.08 bits per heavy atom. The second-order valence-corrected chi connectivity index (χ2v) is 10.2. The van der Waals surface area contributed by atoms with Gasteiger partial charge in [0.05, 0.1) is 32.6 Å². The summed E-state index contributed by atoms with van der Waals surface area (Å²) >= 11 is 1.22. The number of methoxy groups -OCH3 is 1. The first-order valence-electron chi connectivity index (χ1n) is 13.1. The van der Waals surface area contributed by atoms with Crippen molar-refractivity contribution in [3.8, 4) is 11.5 Å². The summed E-state index contributed by atoms with van der Waals surface area (Å²) in [6.45, 7) is 6.61. The first kappa shape index (κ1) is 27.8. The number of anilines is 1. The van der Waals surface area contributed by atoms with Gasteiger partial charge in [0.1, 0.15) is 0 Å². The maximum Gasteiger partial charge on any atom is 0.411 e. The van der Waals surface area contributed by atoms with E-state index >= 15 is 0 Å². The van der Waals surface area contributed by atoms with Crippen molar-refractivity contribution in [1.82, 2.24) is 9.91 Å². The number of carbonyl (C=O) groups excluding carboxylic acids is 2. The third-order valence-electron chi connectivity index (χ3n) is 6.33. The molecule has 0 unspecified atom stereocenters. The summed E-state index contributed by atoms with van der Waals surface area (Å²) in [6, 6.07) is 13.0. The molecule has 1 N–H and O–H groups in total. The molecule has 1 fully saturated rings. The Hall–Kier alpha value is -3.24. The van der Waals surface area contributed by atoms with Gasteiger partial charge in [-0.05, 0) is 74.7 Å². The van der Waals surface area contributed by atoms with Crippen LogP contribution in [-0.4, -0.2) is 72.7 Å². The minimum Gasteiger partial charge on any atom is -0.493 e. The van der Waals surface area contributed by atoms with Crippen molar-refractivity contribution in [3.05, 3.63) is 53.6 Å². The number of ether oxygens (including phenoxy) is 3. The van der Waals surface area contributed by atoms with E-state index in [4.69, 9.17) is 14.2 Å². The van der Waals surface area contributed by atoms with Gasteiger partial charge in [0.25, 0.3) is 0 Å². The minimum absolute atomic E-state index is 0.107. The van der Waals surface area contributed by atoms with Crippen LogP contribution in [0.15, 0.2) is 47.6 Å². The Kier molecular flexibility index (Phi) is 10.3. The summed E-state index contributed by atoms with van der Waals surface area (Å²) in [4.78, 5) is 27.1. The smallest absolute Gasteiger partial charge is 0.411 e. The second-order valence-electron chi connectivity index (χ2n) is 9.23. The topological polar surface area (TPSA) is 92.7 Å². The molecule has 0 atom stereocenters. The molecule has 10 heteroatoms. The van der Waals surface area contributed by atoms with E-state index in [0.29, 0.717) is 42.7 Å². The molecule has 2 aromatic rings. The summed E-state index contributed by atoms with van der Waals surface area (Å²) < 4.78 is 16.5. The van der Waals surface area contributed by atoms with Crippen LogP contribution in [0.25, 0.3) is 0 Å². The number of likely N-dealkylation sites (tertiary alicyclic amines) is 1. The molecule has 1 saturated heterocycles. The van der Waals surface area contributed by atoms with Gasteiger partial charge in [0.15, 0.2) is 11.5 Å². The van der Waals surface area contributed by atoms with Gasteiger partial charge < -0.3 is 19.1 Å². The summed E-state index contributed by atoms with van der Waals surface area (Å²) in [7, 11) is 1.61. The number of hydrogen-bond acceptors (Lipinski definition) is 8. The van der Waals surface area contributed by atoms with Crippen LogP contribution in [0, 0.1) is 0 Å². The second kappa shape index (κ2) is 14.1. The van der Waals surface area contributed by atoms with Crippen LogP contribution >= 0.6 is 11.8 Å². The van der Waals surface area contributed by atoms with Gasteiger partial charge in [-0.25, -0.2) is 9.80 Å². The first-order valence-corrected chi connectivity index (χ1v) is 14.1. The van der Waals surface area contributed by atoms with E-state index in [1.54, 1.807) is 19.2 Å². The van der Waals surface area contributed by atoms with Crippen molar-refractivity contribution in [2.75, 3.05) is 51.0 Å². The molecule has 4 rings (SSSR count). The van der Waals surface area contributed by atoms with E-state index in [0.717, 1.165) is 49.3 Å². The number of hydrogen-bond donors (Lipinski definition) is 1. The highest BCUT2D eigenvalue weighted by Gasteiger charge is 2.23. The van der Waals surface area contributed by atoms with Crippen molar-refractivity contribution < 1.29 is 23.8 Å². The summed E-state index contributed by atoms with van der Waals surface area (Å²) in [5.41, 5.74) is 3.22. The van der Waals surface area contributed by atoms with E-state index in [2.05, 4.69) is 15.3 Å². The Bertz CT molecular complexity index is 1120. The lowest BCUT2D eigenvalue weighted by Crippen LogP contribution is -2.29. The van der Waals surface area contributed by atoms with E-state index in [1.807, 2.05) is 37.3 Å². The molecule has 0 bridgehead atoms. The lowest BCUT2D eigenvalue weighted by atomic mass is 10.1. The van der Waals surface area contributed by atoms with Crippen molar-refractivity contribution in [3.63, 3.8) is 0 Å². The van der Waals surface area contributed by atoms with Crippen LogP contribution in [0.1, 0.15) is 43.7 Å². The van der Waals surface area contributed by atoms with Crippen molar-refractivity contribution >= 4 is 34.5 Å². The lowest BCUT2D eigenvalue weighted by molar-refractivity contribution is 0.154. The van der Waals surface area contributed by atoms with E-state index in [9.17, 15) is 9.59 Å². The molecule has 204 valence electrons. The quantitative estimate of drug-likeness (QED) is 0.351. The van der Waals surface area contributed by atoms with Crippen LogP contribution in [-0.2, 0) is 11.3 Å². The number of carbonyl (C=O) groups is 2. The van der Waals surface area contributed by atoms with Gasteiger partial charge in [-0.1, -0.05) is 30.8 Å². The monoisotopic (exact) mass is 540 g/mol. The predicted octanol–water partition coefficient (Wildman–Crippen LogP) is 5.59. The third kappa shape index (κ3) is 7.88. The SMILES string of the molecule is CCCOc1cc(C2=NN(Cc3ccc(NC(=O)OCCCN4CCCC4)cc3)C(=O)SC2)ccc1OC. The largest absolute Gasteiger partial charge is 0.493 e. The van der Waals surface area contributed by atoms with E-state index in [1.165, 1.54) is 29.6 Å². The fourth-order valence-corrected chi connectivity index (χ4v) is 5.06. The van der Waals surface area contributed by atoms with Gasteiger partial charge in [-0.15, -0.1) is 0 Å². The number of rotatable bonds is 12. The maximum absolute atomic E-state index is 12.6. The molecule has 0 radical (unpaired) electrons. The predicted molar refractivity (Wildman–Crippen MR) is 150 cm³/mol. The lowest BCUT2D eigenvalue weighted by Gasteiger charge is -2.23. The number of nitrogens with one attached hydrogen (secondary N) is 1. The zero-order valence-corrected chi connectivity index (χ0v) is 22.9. The number of thioether (sulfide) groups is 1. The normalized spacial score (nSPS) is 15.8. The van der Waals surface area contributed by atoms with Crippen molar-refractivity contribution in [2.24, 2.45) is 5.10 Å². The molecule has 2 aromatic carbocycles. The minimum atomic E-state index is -0.460. The molecule has 9 nitrogen and oxygen atoms in total. The molecule has 2 heterocycles. The molecule has 2 aliphatic heterocycles. The Balaban J connectivity index is 1.31. The van der Waals surface area contributed by atoms with Crippen molar-refractivity contribution in [2.45, 2.75) is 39.2 Å². The average molecular weight is 541 g/mol. The molecule has 0 spiro atoms. The molecule has 2 aliphatic rings. The highest BCUT2D eigenvalue weighted by molar-refractivity contribution is 8.14. The zero-order valence-electron chi connectivity index (χ0n) is 22.1. The Morgan fingerprint density at radius 3 is 2.61 bits per heavy atom. The number of hydrazone groups is 1. The van der Waals surface area contributed by atoms with Gasteiger partial charge >= 0.3 is 11.3 Å². The van der Waals surface area contributed by atoms with Crippen LogP contribution in [0.2, 0.25) is 0 Å². The average Bonchev–Trinajstić information content (AvgIpc) is 3.46. The van der Waals surface area contributed by atoms with Gasteiger partial charge in [0.2, 0.25) is 0 Å². The fourth-order valence-electron chi connectivity index (χ4n) is 4.32. The summed E-state index contributed by atoms with van der Waals surface area (Å²) in [5, 5.41) is 8.76. The molecule has 0 aliphatic carbocycles. The van der Waals surface area contributed by atoms with E-state index < -0.39 is 6.09 Å². The van der Waals surface area contributed by atoms with Gasteiger partial charge in [-0.2, -0.15) is 5.10 Å². The third-order valence-corrected chi connectivity index (χ3v) is 7.20. The summed E-state index contributed by atoms with van der Waals surface area (Å²) in [5.74, 6) is 1.81. The highest BCUT2D eigenvalue weighted by Crippen LogP contribution is 2.30. The number of amides is 2. The van der Waals surface area contributed by atoms with Gasteiger partial charge in [0, 0.05) is 23.5 Å². The van der Waals surface area contributed by atoms with Crippen LogP contribution in [0.4, 0.5) is 15.3 Å². The Morgan fingerprint density at radius 2 is 1.87 bits per heavy atom. The van der Waals surface area contributed by atoms with Crippen LogP contribution < -0.4 is 14.8 Å².